The number of amides is 1. The predicted molar refractivity (Wildman–Crippen MR) is 84.8 cm³/mol. The first-order chi connectivity index (χ1) is 11.0. The monoisotopic (exact) mass is 356 g/mol. The van der Waals surface area contributed by atoms with E-state index in [9.17, 15) is 14.3 Å². The van der Waals surface area contributed by atoms with Gasteiger partial charge in [-0.05, 0) is 37.2 Å². The number of phenolic OH excluding ortho intramolecular Hbond substituents is 1. The highest BCUT2D eigenvalue weighted by molar-refractivity contribution is 7.71. The van der Waals surface area contributed by atoms with E-state index in [4.69, 9.17) is 23.8 Å². The number of phenols is 1. The van der Waals surface area contributed by atoms with Gasteiger partial charge in [0.05, 0.1) is 10.6 Å². The number of nitrogens with one attached hydrogen (secondary N) is 2. The molecule has 1 aromatic heterocycles. The number of aromatic amines is 1. The lowest BCUT2D eigenvalue weighted by Crippen LogP contribution is -2.26. The molecule has 2 aromatic rings. The number of carbonyl (C=O) groups excluding carboxylic acids is 1. The van der Waals surface area contributed by atoms with Crippen LogP contribution in [0.3, 0.4) is 0 Å². The second-order valence-electron chi connectivity index (χ2n) is 5.34. The zero-order valence-corrected chi connectivity index (χ0v) is 13.5. The van der Waals surface area contributed by atoms with Crippen molar-refractivity contribution >= 4 is 29.7 Å². The summed E-state index contributed by atoms with van der Waals surface area (Å²) in [7, 11) is 0. The van der Waals surface area contributed by atoms with Crippen LogP contribution in [0.2, 0.25) is 5.02 Å². The average Bonchev–Trinajstić information content (AvgIpc) is 3.27. The number of nitrogens with zero attached hydrogens (tertiary/aromatic N) is 2. The van der Waals surface area contributed by atoms with Gasteiger partial charge in [-0.3, -0.25) is 9.89 Å². The molecule has 3 rings (SSSR count). The second-order valence-corrected chi connectivity index (χ2v) is 6.13. The van der Waals surface area contributed by atoms with Crippen molar-refractivity contribution < 1.29 is 14.3 Å². The molecule has 1 aliphatic carbocycles. The van der Waals surface area contributed by atoms with Crippen LogP contribution in [0.1, 0.15) is 35.1 Å². The third kappa shape index (κ3) is 3.37. The second kappa shape index (κ2) is 6.29. The quantitative estimate of drug-likeness (QED) is 0.719. The van der Waals surface area contributed by atoms with Gasteiger partial charge < -0.3 is 15.0 Å². The highest BCUT2D eigenvalue weighted by atomic mass is 35.5. The van der Waals surface area contributed by atoms with Gasteiger partial charge in [-0.15, -0.1) is 0 Å². The molecule has 0 saturated heterocycles. The van der Waals surface area contributed by atoms with Crippen LogP contribution in [0, 0.1) is 10.6 Å². The van der Waals surface area contributed by atoms with Crippen molar-refractivity contribution in [3.05, 3.63) is 39.1 Å². The molecule has 122 valence electrons. The Kier molecular flexibility index (Phi) is 4.36. The summed E-state index contributed by atoms with van der Waals surface area (Å²) in [5.74, 6) is -0.964. The molecule has 1 fully saturated rings. The van der Waals surface area contributed by atoms with E-state index in [1.165, 1.54) is 0 Å². The summed E-state index contributed by atoms with van der Waals surface area (Å²) in [5, 5.41) is 19.1. The Morgan fingerprint density at radius 2 is 2.30 bits per heavy atom. The largest absolute Gasteiger partial charge is 0.506 e. The molecule has 6 nitrogen and oxygen atoms in total. The summed E-state index contributed by atoms with van der Waals surface area (Å²) >= 11 is 10.8. The third-order valence-electron chi connectivity index (χ3n) is 3.60. The van der Waals surface area contributed by atoms with E-state index in [2.05, 4.69) is 15.5 Å². The molecule has 9 heteroatoms. The molecular weight excluding hydrogens is 343 g/mol. The predicted octanol–water partition coefficient (Wildman–Crippen LogP) is 2.75. The Morgan fingerprint density at radius 1 is 1.57 bits per heavy atom. The molecule has 1 saturated carbocycles. The SMILES string of the molecule is O=C(NCCc1n[nH]c(=S)n1C1CC1)c1cc(F)cc(Cl)c1O. The summed E-state index contributed by atoms with van der Waals surface area (Å²) in [6, 6.07) is 2.27. The van der Waals surface area contributed by atoms with E-state index >= 15 is 0 Å². The van der Waals surface area contributed by atoms with Crippen LogP contribution in [-0.2, 0) is 6.42 Å². The van der Waals surface area contributed by atoms with E-state index in [1.54, 1.807) is 0 Å². The summed E-state index contributed by atoms with van der Waals surface area (Å²) in [6.07, 6.45) is 2.62. The molecule has 0 aliphatic heterocycles. The molecule has 1 amide bonds. The number of benzene rings is 1. The van der Waals surface area contributed by atoms with Crippen LogP contribution < -0.4 is 5.32 Å². The summed E-state index contributed by atoms with van der Waals surface area (Å²) in [4.78, 5) is 12.0. The lowest BCUT2D eigenvalue weighted by Gasteiger charge is -2.09. The minimum atomic E-state index is -0.687. The fraction of sp³-hybridized carbons (Fsp3) is 0.357. The molecule has 0 spiro atoms. The number of aromatic hydroxyl groups is 1. The lowest BCUT2D eigenvalue weighted by molar-refractivity contribution is 0.0950. The van der Waals surface area contributed by atoms with Crippen molar-refractivity contribution in [2.45, 2.75) is 25.3 Å². The van der Waals surface area contributed by atoms with Crippen LogP contribution in [0.5, 0.6) is 5.75 Å². The first-order valence-electron chi connectivity index (χ1n) is 7.09. The summed E-state index contributed by atoms with van der Waals surface area (Å²) in [5.41, 5.74) is -0.198. The van der Waals surface area contributed by atoms with Gasteiger partial charge in [-0.2, -0.15) is 5.10 Å². The molecule has 23 heavy (non-hydrogen) atoms. The van der Waals surface area contributed by atoms with Gasteiger partial charge in [0.25, 0.3) is 5.91 Å². The number of hydrogen-bond donors (Lipinski definition) is 3. The van der Waals surface area contributed by atoms with Gasteiger partial charge in [0.15, 0.2) is 4.77 Å². The number of hydrogen-bond acceptors (Lipinski definition) is 4. The van der Waals surface area contributed by atoms with Gasteiger partial charge in [0.2, 0.25) is 0 Å². The fourth-order valence-electron chi connectivity index (χ4n) is 2.35. The van der Waals surface area contributed by atoms with E-state index < -0.39 is 17.5 Å². The van der Waals surface area contributed by atoms with Crippen molar-refractivity contribution in [1.82, 2.24) is 20.1 Å². The molecule has 0 unspecified atom stereocenters. The Hall–Kier alpha value is -1.93. The van der Waals surface area contributed by atoms with Gasteiger partial charge >= 0.3 is 0 Å². The van der Waals surface area contributed by atoms with Crippen molar-refractivity contribution in [2.24, 2.45) is 0 Å². The Morgan fingerprint density at radius 3 is 3.00 bits per heavy atom. The van der Waals surface area contributed by atoms with Crippen molar-refractivity contribution in [2.75, 3.05) is 6.54 Å². The minimum absolute atomic E-state index is 0.198. The van der Waals surface area contributed by atoms with Crippen molar-refractivity contribution in [3.63, 3.8) is 0 Å². The summed E-state index contributed by atoms with van der Waals surface area (Å²) in [6.45, 7) is 0.277. The Labute approximate surface area is 141 Å². The average molecular weight is 357 g/mol. The van der Waals surface area contributed by atoms with E-state index in [-0.39, 0.29) is 17.1 Å². The van der Waals surface area contributed by atoms with Crippen LogP contribution in [0.4, 0.5) is 4.39 Å². The standard InChI is InChI=1S/C14H14ClFN4O2S/c15-10-6-7(16)5-9(12(10)21)13(22)17-4-3-11-18-19-14(23)20(11)8-1-2-8/h5-6,8,21H,1-4H2,(H,17,22)(H,19,23). The van der Waals surface area contributed by atoms with Gasteiger partial charge in [-0.25, -0.2) is 4.39 Å². The highest BCUT2D eigenvalue weighted by Crippen LogP contribution is 2.35. The normalized spacial score (nSPS) is 14.0. The highest BCUT2D eigenvalue weighted by Gasteiger charge is 2.27. The topological polar surface area (TPSA) is 82.9 Å². The molecule has 3 N–H and O–H groups in total. The number of halogens is 2. The first kappa shape index (κ1) is 15.9. The van der Waals surface area contributed by atoms with Gasteiger partial charge in [0.1, 0.15) is 17.4 Å². The third-order valence-corrected chi connectivity index (χ3v) is 4.17. The molecule has 1 heterocycles. The molecule has 1 aromatic carbocycles. The number of carbonyl (C=O) groups is 1. The number of rotatable bonds is 5. The maximum Gasteiger partial charge on any atom is 0.255 e. The van der Waals surface area contributed by atoms with Crippen LogP contribution >= 0.6 is 23.8 Å². The van der Waals surface area contributed by atoms with Crippen LogP contribution in [0.25, 0.3) is 0 Å². The Bertz CT molecular complexity index is 816. The van der Waals surface area contributed by atoms with Crippen molar-refractivity contribution in [3.8, 4) is 5.75 Å². The number of aromatic nitrogens is 3. The molecule has 1 aliphatic rings. The fourth-order valence-corrected chi connectivity index (χ4v) is 2.85. The van der Waals surface area contributed by atoms with Gasteiger partial charge in [0, 0.05) is 19.0 Å². The van der Waals surface area contributed by atoms with E-state index in [0.717, 1.165) is 30.8 Å². The molecule has 0 radical (unpaired) electrons. The van der Waals surface area contributed by atoms with Crippen molar-refractivity contribution in [1.29, 1.82) is 0 Å². The zero-order valence-electron chi connectivity index (χ0n) is 12.0. The maximum atomic E-state index is 13.3. The molecule has 0 atom stereocenters. The first-order valence-corrected chi connectivity index (χ1v) is 7.88. The minimum Gasteiger partial charge on any atom is -0.506 e. The van der Waals surface area contributed by atoms with E-state index in [1.807, 2.05) is 4.57 Å². The number of H-pyrrole nitrogens is 1. The van der Waals surface area contributed by atoms with Gasteiger partial charge in [-0.1, -0.05) is 11.6 Å². The molecular formula is C14H14ClFN4O2S. The summed E-state index contributed by atoms with van der Waals surface area (Å²) < 4.78 is 15.8. The van der Waals surface area contributed by atoms with Crippen LogP contribution in [-0.4, -0.2) is 32.3 Å². The smallest absolute Gasteiger partial charge is 0.255 e. The molecule has 0 bridgehead atoms. The Balaban J connectivity index is 1.65. The van der Waals surface area contributed by atoms with E-state index in [0.29, 0.717) is 17.2 Å². The maximum absolute atomic E-state index is 13.3. The zero-order chi connectivity index (χ0) is 16.6. The lowest BCUT2D eigenvalue weighted by atomic mass is 10.2. The van der Waals surface area contributed by atoms with Crippen LogP contribution in [0.15, 0.2) is 12.1 Å².